The number of halogens is 1. The molecule has 1 atom stereocenters. The molecule has 30 heavy (non-hydrogen) atoms. The molecule has 0 bridgehead atoms. The lowest BCUT2D eigenvalue weighted by molar-refractivity contribution is -0.310. The third-order valence-corrected chi connectivity index (χ3v) is 6.00. The third kappa shape index (κ3) is 4.05. The van der Waals surface area contributed by atoms with E-state index in [-0.39, 0.29) is 9.23 Å². The first-order valence-electron chi connectivity index (χ1n) is 8.82. The molecule has 0 unspecified atom stereocenters. The summed E-state index contributed by atoms with van der Waals surface area (Å²) in [6, 6.07) is 17.8. The monoisotopic (exact) mass is 454 g/mol. The zero-order valence-electron chi connectivity index (χ0n) is 15.3. The first-order chi connectivity index (χ1) is 14.4. The van der Waals surface area contributed by atoms with Gasteiger partial charge < -0.3 is 14.3 Å². The maximum atomic E-state index is 13.0. The lowest BCUT2D eigenvalue weighted by Gasteiger charge is -2.27. The second-order valence-corrected chi connectivity index (χ2v) is 8.51. The number of aliphatic carboxylic acids is 1. The van der Waals surface area contributed by atoms with Crippen LogP contribution in [0.1, 0.15) is 17.4 Å². The fourth-order valence-corrected chi connectivity index (χ4v) is 4.57. The first kappa shape index (κ1) is 20.4. The average molecular weight is 455 g/mol. The number of benzene rings is 2. The second kappa shape index (κ2) is 8.47. The van der Waals surface area contributed by atoms with Crippen molar-refractivity contribution in [3.63, 3.8) is 0 Å². The van der Waals surface area contributed by atoms with Crippen LogP contribution in [-0.2, 0) is 9.59 Å². The minimum Gasteiger partial charge on any atom is -0.547 e. The van der Waals surface area contributed by atoms with Gasteiger partial charge in [-0.3, -0.25) is 9.69 Å². The Morgan fingerprint density at radius 1 is 1.13 bits per heavy atom. The van der Waals surface area contributed by atoms with Crippen LogP contribution < -0.4 is 5.11 Å². The number of carboxylic acids is 1. The van der Waals surface area contributed by atoms with E-state index in [2.05, 4.69) is 0 Å². The molecule has 0 spiro atoms. The minimum atomic E-state index is -1.40. The standard InChI is InChI=1S/C22H14ClNO4S2/c23-15-8-4-7-14(11-15)17-10-9-16(28-17)12-18-20(25)24(22(29)30-18)19(21(26)27)13-5-2-1-3-6-13/h1-12,19H,(H,26,27)/p-1/b18-12-/t19-/m1/s1. The lowest BCUT2D eigenvalue weighted by atomic mass is 10.1. The van der Waals surface area contributed by atoms with E-state index < -0.39 is 17.9 Å². The van der Waals surface area contributed by atoms with Crippen molar-refractivity contribution in [2.45, 2.75) is 6.04 Å². The molecule has 2 aromatic carbocycles. The molecule has 0 radical (unpaired) electrons. The van der Waals surface area contributed by atoms with Gasteiger partial charge in [0.25, 0.3) is 5.91 Å². The van der Waals surface area contributed by atoms with E-state index in [1.807, 2.05) is 12.1 Å². The Bertz CT molecular complexity index is 1170. The summed E-state index contributed by atoms with van der Waals surface area (Å²) in [5.74, 6) is -0.880. The van der Waals surface area contributed by atoms with E-state index in [1.165, 1.54) is 0 Å². The van der Waals surface area contributed by atoms with Gasteiger partial charge in [0.2, 0.25) is 0 Å². The van der Waals surface area contributed by atoms with Crippen LogP contribution in [0.2, 0.25) is 5.02 Å². The molecule has 5 nitrogen and oxygen atoms in total. The minimum absolute atomic E-state index is 0.144. The van der Waals surface area contributed by atoms with Crippen molar-refractivity contribution in [1.29, 1.82) is 0 Å². The fourth-order valence-electron chi connectivity index (χ4n) is 3.08. The Hall–Kier alpha value is -2.87. The summed E-state index contributed by atoms with van der Waals surface area (Å²) >= 11 is 12.3. The van der Waals surface area contributed by atoms with Gasteiger partial charge >= 0.3 is 0 Å². The van der Waals surface area contributed by atoms with Crippen molar-refractivity contribution >= 4 is 57.9 Å². The third-order valence-electron chi connectivity index (χ3n) is 4.43. The van der Waals surface area contributed by atoms with E-state index in [0.29, 0.717) is 22.1 Å². The summed E-state index contributed by atoms with van der Waals surface area (Å²) in [6.45, 7) is 0. The van der Waals surface area contributed by atoms with Crippen molar-refractivity contribution < 1.29 is 19.1 Å². The number of thioether (sulfide) groups is 1. The molecule has 1 aliphatic rings. The van der Waals surface area contributed by atoms with E-state index in [1.54, 1.807) is 60.7 Å². The zero-order valence-corrected chi connectivity index (χ0v) is 17.7. The summed E-state index contributed by atoms with van der Waals surface area (Å²) in [6.07, 6.45) is 1.55. The van der Waals surface area contributed by atoms with E-state index in [0.717, 1.165) is 22.2 Å². The topological polar surface area (TPSA) is 73.6 Å². The summed E-state index contributed by atoms with van der Waals surface area (Å²) in [4.78, 5) is 26.1. The van der Waals surface area contributed by atoms with Gasteiger partial charge in [0.1, 0.15) is 21.9 Å². The quantitative estimate of drug-likeness (QED) is 0.423. The normalized spacial score (nSPS) is 16.3. The number of furan rings is 1. The highest BCUT2D eigenvalue weighted by Crippen LogP contribution is 2.38. The predicted molar refractivity (Wildman–Crippen MR) is 118 cm³/mol. The molecule has 1 saturated heterocycles. The Kier molecular flexibility index (Phi) is 5.76. The molecule has 3 aromatic rings. The highest BCUT2D eigenvalue weighted by molar-refractivity contribution is 8.26. The number of amides is 1. The highest BCUT2D eigenvalue weighted by atomic mass is 35.5. The van der Waals surface area contributed by atoms with Gasteiger partial charge in [-0.1, -0.05) is 78.0 Å². The molecule has 1 amide bonds. The molecule has 0 N–H and O–H groups in total. The van der Waals surface area contributed by atoms with E-state index in [4.69, 9.17) is 28.2 Å². The van der Waals surface area contributed by atoms with Crippen molar-refractivity contribution in [3.05, 3.63) is 88.0 Å². The van der Waals surface area contributed by atoms with Crippen LogP contribution in [0.5, 0.6) is 0 Å². The Balaban J connectivity index is 1.63. The van der Waals surface area contributed by atoms with Gasteiger partial charge in [0.05, 0.1) is 10.9 Å². The second-order valence-electron chi connectivity index (χ2n) is 6.40. The number of rotatable bonds is 5. The molecule has 4 rings (SSSR count). The molecule has 8 heteroatoms. The first-order valence-corrected chi connectivity index (χ1v) is 10.4. The number of hydrogen-bond acceptors (Lipinski definition) is 6. The van der Waals surface area contributed by atoms with Gasteiger partial charge in [-0.2, -0.15) is 0 Å². The van der Waals surface area contributed by atoms with Gasteiger partial charge in [-0.05, 0) is 29.8 Å². The Morgan fingerprint density at radius 3 is 2.60 bits per heavy atom. The molecule has 0 saturated carbocycles. The van der Waals surface area contributed by atoms with Crippen molar-refractivity contribution in [2.75, 3.05) is 0 Å². The van der Waals surface area contributed by atoms with Gasteiger partial charge in [0, 0.05) is 16.7 Å². The lowest BCUT2D eigenvalue weighted by Crippen LogP contribution is -2.43. The number of carbonyl (C=O) groups is 2. The molecular formula is C22H13ClNO4S2-. The Morgan fingerprint density at radius 2 is 1.90 bits per heavy atom. The van der Waals surface area contributed by atoms with E-state index in [9.17, 15) is 14.7 Å². The van der Waals surface area contributed by atoms with Crippen LogP contribution in [0.4, 0.5) is 0 Å². The summed E-state index contributed by atoms with van der Waals surface area (Å²) < 4.78 is 5.95. The molecule has 0 aliphatic carbocycles. The van der Waals surface area contributed by atoms with Gasteiger partial charge in [-0.15, -0.1) is 0 Å². The maximum Gasteiger partial charge on any atom is 0.267 e. The number of nitrogens with zero attached hydrogens (tertiary/aromatic N) is 1. The number of hydrogen-bond donors (Lipinski definition) is 0. The largest absolute Gasteiger partial charge is 0.547 e. The SMILES string of the molecule is O=C([O-])[C@@H](c1ccccc1)N1C(=O)/C(=C/c2ccc(-c3cccc(Cl)c3)o2)SC1=S. The zero-order chi connectivity index (χ0) is 21.3. The highest BCUT2D eigenvalue weighted by Gasteiger charge is 2.38. The van der Waals surface area contributed by atoms with Crippen LogP contribution in [0.25, 0.3) is 17.4 Å². The van der Waals surface area contributed by atoms with E-state index >= 15 is 0 Å². The molecule has 1 fully saturated rings. The molecule has 2 heterocycles. The van der Waals surface area contributed by atoms with Crippen LogP contribution in [0.15, 0.2) is 76.1 Å². The van der Waals surface area contributed by atoms with Crippen molar-refractivity contribution in [1.82, 2.24) is 4.90 Å². The summed E-state index contributed by atoms with van der Waals surface area (Å²) in [5.41, 5.74) is 1.21. The predicted octanol–water partition coefficient (Wildman–Crippen LogP) is 4.29. The van der Waals surface area contributed by atoms with Crippen molar-refractivity contribution in [2.24, 2.45) is 0 Å². The van der Waals surface area contributed by atoms with Gasteiger partial charge in [0.15, 0.2) is 0 Å². The van der Waals surface area contributed by atoms with Crippen LogP contribution in [0.3, 0.4) is 0 Å². The molecule has 150 valence electrons. The van der Waals surface area contributed by atoms with Gasteiger partial charge in [-0.25, -0.2) is 0 Å². The maximum absolute atomic E-state index is 13.0. The average Bonchev–Trinajstić information content (AvgIpc) is 3.29. The smallest absolute Gasteiger partial charge is 0.267 e. The number of carbonyl (C=O) groups excluding carboxylic acids is 2. The number of carboxylic acid groups (broad SMARTS) is 1. The summed E-state index contributed by atoms with van der Waals surface area (Å²) in [5, 5.41) is 12.4. The van der Waals surface area contributed by atoms with Crippen LogP contribution in [0, 0.1) is 0 Å². The fraction of sp³-hybridized carbons (Fsp3) is 0.0455. The number of thiocarbonyl (C=S) groups is 1. The molecular weight excluding hydrogens is 442 g/mol. The van der Waals surface area contributed by atoms with Crippen LogP contribution >= 0.6 is 35.6 Å². The molecule has 1 aromatic heterocycles. The van der Waals surface area contributed by atoms with Crippen LogP contribution in [-0.4, -0.2) is 21.1 Å². The van der Waals surface area contributed by atoms with Crippen molar-refractivity contribution in [3.8, 4) is 11.3 Å². The Labute approximate surface area is 186 Å². The molecule has 1 aliphatic heterocycles. The summed E-state index contributed by atoms with van der Waals surface area (Å²) in [7, 11) is 0.